The first-order valence-electron chi connectivity index (χ1n) is 3.28. The molecule has 3 nitrogen and oxygen atoms in total. The van der Waals surface area contributed by atoms with Crippen LogP contribution in [0.1, 0.15) is 10.4 Å². The molecule has 0 fully saturated rings. The van der Waals surface area contributed by atoms with Gasteiger partial charge in [0.1, 0.15) is 0 Å². The van der Waals surface area contributed by atoms with Crippen LogP contribution in [-0.4, -0.2) is 9.80 Å². The van der Waals surface area contributed by atoms with Gasteiger partial charge in [-0.05, 0) is 0 Å². The molecule has 0 aliphatic rings. The molecule has 1 aromatic carbocycles. The molecular formula is C7H4Cl2FO3S+. The van der Waals surface area contributed by atoms with E-state index in [4.69, 9.17) is 26.8 Å². The van der Waals surface area contributed by atoms with Crippen LogP contribution in [0.3, 0.4) is 0 Å². The van der Waals surface area contributed by atoms with E-state index in [0.29, 0.717) is 0 Å². The Balaban J connectivity index is 3.37. The summed E-state index contributed by atoms with van der Waals surface area (Å²) in [6, 6.07) is 2.71. The van der Waals surface area contributed by atoms with Crippen molar-refractivity contribution in [2.24, 2.45) is 0 Å². The zero-order valence-corrected chi connectivity index (χ0v) is 8.87. The zero-order valence-electron chi connectivity index (χ0n) is 6.54. The van der Waals surface area contributed by atoms with Crippen LogP contribution in [0.15, 0.2) is 23.1 Å². The third kappa shape index (κ3) is 2.59. The van der Waals surface area contributed by atoms with E-state index in [9.17, 15) is 13.2 Å². The number of carbonyl (C=O) groups excluding carboxylic acids is 1. The molecule has 0 radical (unpaired) electrons. The number of benzene rings is 1. The van der Waals surface area contributed by atoms with Gasteiger partial charge in [-0.25, -0.2) is 0 Å². The van der Waals surface area contributed by atoms with Crippen LogP contribution in [0.25, 0.3) is 0 Å². The van der Waals surface area contributed by atoms with Crippen molar-refractivity contribution in [1.82, 2.24) is 0 Å². The average Bonchev–Trinajstić information content (AvgIpc) is 2.02. The summed E-state index contributed by atoms with van der Waals surface area (Å²) in [5.41, 5.74) is -0.480. The molecule has 0 bridgehead atoms. The van der Waals surface area contributed by atoms with Gasteiger partial charge in [0, 0.05) is 0 Å². The summed E-state index contributed by atoms with van der Waals surface area (Å²) >= 11 is 5.03. The van der Waals surface area contributed by atoms with Crippen LogP contribution in [0.5, 0.6) is 0 Å². The van der Waals surface area contributed by atoms with Gasteiger partial charge >= 0.3 is 89.1 Å². The maximum atomic E-state index is 12.9. The predicted molar refractivity (Wildman–Crippen MR) is 51.6 cm³/mol. The average molecular weight is 258 g/mol. The molecular weight excluding hydrogens is 254 g/mol. The number of hydrogen-bond donors (Lipinski definition) is 1. The van der Waals surface area contributed by atoms with Gasteiger partial charge in [0.2, 0.25) is 0 Å². The summed E-state index contributed by atoms with van der Waals surface area (Å²) in [5.74, 6) is -0.867. The van der Waals surface area contributed by atoms with E-state index in [-0.39, 0.29) is 4.90 Å². The summed E-state index contributed by atoms with van der Waals surface area (Å²) in [4.78, 5) is 10.4. The topological polar surface area (TPSA) is 57.2 Å². The van der Waals surface area contributed by atoms with Crippen molar-refractivity contribution in [2.75, 3.05) is 0 Å². The molecule has 1 atom stereocenters. The first kappa shape index (κ1) is 11.7. The molecule has 1 rings (SSSR count). The number of rotatable bonds is 1. The van der Waals surface area contributed by atoms with Crippen LogP contribution in [0, 0.1) is 5.82 Å². The van der Waals surface area contributed by atoms with Gasteiger partial charge in [0.25, 0.3) is 0 Å². The second-order valence-corrected chi connectivity index (χ2v) is 5.36. The molecule has 0 aliphatic heterocycles. The summed E-state index contributed by atoms with van der Waals surface area (Å²) in [6.07, 6.45) is 0. The van der Waals surface area contributed by atoms with Crippen LogP contribution in [0.2, 0.25) is 0 Å². The van der Waals surface area contributed by atoms with Crippen molar-refractivity contribution in [3.8, 4) is 0 Å². The Hall–Kier alpha value is -0.330. The van der Waals surface area contributed by atoms with Crippen LogP contribution < -0.4 is 0 Å². The molecule has 0 saturated carbocycles. The van der Waals surface area contributed by atoms with Crippen molar-refractivity contribution < 1.29 is 17.8 Å². The van der Waals surface area contributed by atoms with E-state index < -0.39 is 25.9 Å². The Bertz CT molecular complexity index is 483. The van der Waals surface area contributed by atoms with Gasteiger partial charge in [0.15, 0.2) is 0 Å². The van der Waals surface area contributed by atoms with Gasteiger partial charge in [-0.3, -0.25) is 0 Å². The molecule has 14 heavy (non-hydrogen) atoms. The van der Waals surface area contributed by atoms with Crippen molar-refractivity contribution in [2.45, 2.75) is 4.90 Å². The monoisotopic (exact) mass is 257 g/mol. The van der Waals surface area contributed by atoms with Crippen LogP contribution in [-0.2, 0) is 4.04 Å². The molecule has 0 heterocycles. The van der Waals surface area contributed by atoms with Crippen LogP contribution in [0.4, 0.5) is 4.39 Å². The number of hydrogen-bond acceptors (Lipinski definition) is 2. The van der Waals surface area contributed by atoms with Crippen LogP contribution >= 0.6 is 31.6 Å². The second kappa shape index (κ2) is 4.04. The fraction of sp³-hybridized carbons (Fsp3) is 0. The van der Waals surface area contributed by atoms with Crippen molar-refractivity contribution in [1.29, 1.82) is 0 Å². The summed E-state index contributed by atoms with van der Waals surface area (Å²) < 4.78 is 32.7. The zero-order chi connectivity index (χ0) is 10.9. The maximum absolute atomic E-state index is 12.9. The Labute approximate surface area is 89.3 Å². The molecule has 0 aliphatic carbocycles. The van der Waals surface area contributed by atoms with Gasteiger partial charge in [-0.2, -0.15) is 0 Å². The van der Waals surface area contributed by atoms with Crippen molar-refractivity contribution in [3.05, 3.63) is 29.6 Å². The standard InChI is InChI=1S/C7H4Cl2FO3S/c8-7(11)5-3-4(14(9,12)13)1-2-6(5)10/h1-3,12H/q+1. The normalized spacial score (nSPS) is 14.8. The molecule has 1 unspecified atom stereocenters. The molecule has 7 heteroatoms. The number of halogens is 3. The SMILES string of the molecule is O=C(Cl)c1cc(S(#[O+])(O)Cl)ccc1F. The van der Waals surface area contributed by atoms with Gasteiger partial charge < -0.3 is 0 Å². The minimum atomic E-state index is -3.73. The Morgan fingerprint density at radius 3 is 2.57 bits per heavy atom. The van der Waals surface area contributed by atoms with E-state index in [1.807, 2.05) is 0 Å². The molecule has 76 valence electrons. The van der Waals surface area contributed by atoms with Gasteiger partial charge in [0.05, 0.1) is 0 Å². The fourth-order valence-electron chi connectivity index (χ4n) is 0.812. The molecule has 0 spiro atoms. The molecule has 1 N–H and O–H groups in total. The first-order chi connectivity index (χ1) is 6.32. The molecule has 0 aromatic heterocycles. The quantitative estimate of drug-likeness (QED) is 0.620. The third-order valence-corrected chi connectivity index (χ3v) is 3.01. The summed E-state index contributed by atoms with van der Waals surface area (Å²) in [6.45, 7) is 0. The Morgan fingerprint density at radius 1 is 1.57 bits per heavy atom. The molecule has 0 amide bonds. The van der Waals surface area contributed by atoms with Gasteiger partial charge in [-0.1, -0.05) is 0 Å². The molecule has 1 aromatic rings. The van der Waals surface area contributed by atoms with E-state index in [1.54, 1.807) is 0 Å². The summed E-state index contributed by atoms with van der Waals surface area (Å²) in [7, 11) is 1.36. The molecule has 0 saturated heterocycles. The van der Waals surface area contributed by atoms with E-state index in [2.05, 4.69) is 0 Å². The predicted octanol–water partition coefficient (Wildman–Crippen LogP) is 3.34. The van der Waals surface area contributed by atoms with Crippen molar-refractivity contribution in [3.63, 3.8) is 0 Å². The van der Waals surface area contributed by atoms with E-state index in [0.717, 1.165) is 18.2 Å². The fourth-order valence-corrected chi connectivity index (χ4v) is 1.74. The Kier molecular flexibility index (Phi) is 3.39. The van der Waals surface area contributed by atoms with E-state index in [1.165, 1.54) is 0 Å². The number of carbonyl (C=O) groups is 1. The van der Waals surface area contributed by atoms with Gasteiger partial charge in [-0.15, -0.1) is 0 Å². The third-order valence-electron chi connectivity index (χ3n) is 1.44. The summed E-state index contributed by atoms with van der Waals surface area (Å²) in [5, 5.41) is -1.05. The second-order valence-electron chi connectivity index (χ2n) is 2.37. The van der Waals surface area contributed by atoms with Crippen molar-refractivity contribution >= 4 is 36.8 Å². The first-order valence-corrected chi connectivity index (χ1v) is 6.00. The Morgan fingerprint density at radius 2 is 2.14 bits per heavy atom. The van der Waals surface area contributed by atoms with E-state index >= 15 is 0 Å². The minimum absolute atomic E-state index is 0.260.